The molecule has 0 unspecified atom stereocenters. The smallest absolute Gasteiger partial charge is 0.251 e. The third-order valence-corrected chi connectivity index (χ3v) is 4.86. The highest BCUT2D eigenvalue weighted by molar-refractivity contribution is 6.35. The van der Waals surface area contributed by atoms with Crippen molar-refractivity contribution in [2.45, 2.75) is 13.2 Å². The first-order valence-electron chi connectivity index (χ1n) is 8.21. The number of hydrogen-bond donors (Lipinski definition) is 1. The monoisotopic (exact) mass is 419 g/mol. The van der Waals surface area contributed by atoms with E-state index >= 15 is 0 Å². The van der Waals surface area contributed by atoms with E-state index in [-0.39, 0.29) is 5.91 Å². The fourth-order valence-electron chi connectivity index (χ4n) is 2.45. The van der Waals surface area contributed by atoms with Gasteiger partial charge in [-0.05, 0) is 42.0 Å². The number of amides is 1. The van der Waals surface area contributed by atoms with E-state index in [9.17, 15) is 4.79 Å². The molecule has 0 aromatic heterocycles. The van der Waals surface area contributed by atoms with Gasteiger partial charge in [-0.25, -0.2) is 0 Å². The Morgan fingerprint density at radius 1 is 0.852 bits per heavy atom. The van der Waals surface area contributed by atoms with Gasteiger partial charge in [-0.3, -0.25) is 4.79 Å². The minimum Gasteiger partial charge on any atom is -0.489 e. The summed E-state index contributed by atoms with van der Waals surface area (Å²) in [5, 5.41) is 4.55. The first kappa shape index (κ1) is 19.6. The van der Waals surface area contributed by atoms with Gasteiger partial charge in [0.2, 0.25) is 0 Å². The Hall–Kier alpha value is -2.20. The molecule has 138 valence electrons. The van der Waals surface area contributed by atoms with E-state index in [1.54, 1.807) is 42.5 Å². The highest BCUT2D eigenvalue weighted by Crippen LogP contribution is 2.22. The summed E-state index contributed by atoms with van der Waals surface area (Å²) in [4.78, 5) is 12.4. The van der Waals surface area contributed by atoms with Crippen molar-refractivity contribution >= 4 is 40.7 Å². The molecule has 27 heavy (non-hydrogen) atoms. The topological polar surface area (TPSA) is 38.3 Å². The van der Waals surface area contributed by atoms with Crippen molar-refractivity contribution in [3.63, 3.8) is 0 Å². The van der Waals surface area contributed by atoms with Crippen LogP contribution < -0.4 is 10.1 Å². The van der Waals surface area contributed by atoms with Crippen LogP contribution in [-0.4, -0.2) is 5.91 Å². The quantitative estimate of drug-likeness (QED) is 0.519. The van der Waals surface area contributed by atoms with Crippen molar-refractivity contribution in [1.82, 2.24) is 5.32 Å². The number of carbonyl (C=O) groups is 1. The van der Waals surface area contributed by atoms with Crippen LogP contribution in [0, 0.1) is 0 Å². The molecule has 6 heteroatoms. The zero-order chi connectivity index (χ0) is 19.2. The lowest BCUT2D eigenvalue weighted by Gasteiger charge is -2.10. The molecule has 0 heterocycles. The maximum atomic E-state index is 12.4. The molecule has 3 rings (SSSR count). The number of halogens is 3. The van der Waals surface area contributed by atoms with Gasteiger partial charge in [-0.2, -0.15) is 0 Å². The van der Waals surface area contributed by atoms with Crippen LogP contribution in [0.2, 0.25) is 15.1 Å². The summed E-state index contributed by atoms with van der Waals surface area (Å²) in [5.41, 5.74) is 2.17. The molecular formula is C21H16Cl3NO2. The van der Waals surface area contributed by atoms with Gasteiger partial charge in [-0.15, -0.1) is 0 Å². The molecule has 0 radical (unpaired) electrons. The van der Waals surface area contributed by atoms with E-state index in [2.05, 4.69) is 5.32 Å². The summed E-state index contributed by atoms with van der Waals surface area (Å²) in [7, 11) is 0. The predicted octanol–water partition coefficient (Wildman–Crippen LogP) is 6.16. The maximum Gasteiger partial charge on any atom is 0.251 e. The molecule has 3 aromatic carbocycles. The van der Waals surface area contributed by atoms with Crippen molar-refractivity contribution < 1.29 is 9.53 Å². The van der Waals surface area contributed by atoms with Gasteiger partial charge in [0.05, 0.1) is 0 Å². The Morgan fingerprint density at radius 2 is 1.67 bits per heavy atom. The Kier molecular flexibility index (Phi) is 6.62. The van der Waals surface area contributed by atoms with Crippen molar-refractivity contribution in [1.29, 1.82) is 0 Å². The number of hydrogen-bond acceptors (Lipinski definition) is 2. The highest BCUT2D eigenvalue weighted by atomic mass is 35.5. The lowest BCUT2D eigenvalue weighted by Crippen LogP contribution is -2.22. The van der Waals surface area contributed by atoms with Crippen LogP contribution in [0.4, 0.5) is 0 Å². The van der Waals surface area contributed by atoms with Crippen LogP contribution in [0.1, 0.15) is 21.5 Å². The second-order valence-corrected chi connectivity index (χ2v) is 7.08. The Bertz CT molecular complexity index is 960. The second kappa shape index (κ2) is 9.14. The van der Waals surface area contributed by atoms with Gasteiger partial charge in [0.25, 0.3) is 5.91 Å². The number of benzene rings is 3. The van der Waals surface area contributed by atoms with Crippen molar-refractivity contribution in [3.05, 3.63) is 98.5 Å². The zero-order valence-corrected chi connectivity index (χ0v) is 16.5. The van der Waals surface area contributed by atoms with E-state index in [1.807, 2.05) is 24.3 Å². The molecule has 1 amide bonds. The van der Waals surface area contributed by atoms with Crippen LogP contribution in [0.3, 0.4) is 0 Å². The summed E-state index contributed by atoms with van der Waals surface area (Å²) in [6.07, 6.45) is 0. The Morgan fingerprint density at radius 3 is 2.44 bits per heavy atom. The van der Waals surface area contributed by atoms with Gasteiger partial charge in [0.15, 0.2) is 0 Å². The average Bonchev–Trinajstić information content (AvgIpc) is 2.67. The van der Waals surface area contributed by atoms with E-state index in [4.69, 9.17) is 39.5 Å². The molecule has 0 fully saturated rings. The van der Waals surface area contributed by atoms with Crippen LogP contribution in [-0.2, 0) is 13.2 Å². The normalized spacial score (nSPS) is 10.5. The van der Waals surface area contributed by atoms with Gasteiger partial charge < -0.3 is 10.1 Å². The maximum absolute atomic E-state index is 12.4. The number of carbonyl (C=O) groups excluding carboxylic acids is 1. The summed E-state index contributed by atoms with van der Waals surface area (Å²) in [6, 6.07) is 19.6. The molecule has 0 aliphatic carbocycles. The van der Waals surface area contributed by atoms with Crippen LogP contribution in [0.5, 0.6) is 5.75 Å². The molecule has 0 aliphatic heterocycles. The molecule has 0 bridgehead atoms. The number of ether oxygens (including phenoxy) is 1. The predicted molar refractivity (Wildman–Crippen MR) is 110 cm³/mol. The molecule has 3 aromatic rings. The van der Waals surface area contributed by atoms with Crippen LogP contribution in [0.15, 0.2) is 66.7 Å². The Labute approximate surface area is 172 Å². The molecule has 3 nitrogen and oxygen atoms in total. The molecule has 0 atom stereocenters. The summed E-state index contributed by atoms with van der Waals surface area (Å²) >= 11 is 18.1. The van der Waals surface area contributed by atoms with Gasteiger partial charge >= 0.3 is 0 Å². The third kappa shape index (κ3) is 5.39. The number of nitrogens with one attached hydrogen (secondary N) is 1. The van der Waals surface area contributed by atoms with Crippen molar-refractivity contribution in [2.24, 2.45) is 0 Å². The second-order valence-electron chi connectivity index (χ2n) is 5.83. The highest BCUT2D eigenvalue weighted by Gasteiger charge is 2.09. The van der Waals surface area contributed by atoms with Gasteiger partial charge in [-0.1, -0.05) is 65.1 Å². The number of rotatable bonds is 6. The first-order chi connectivity index (χ1) is 13.0. The molecule has 1 N–H and O–H groups in total. The molecule has 0 spiro atoms. The lowest BCUT2D eigenvalue weighted by molar-refractivity contribution is 0.0950. The summed E-state index contributed by atoms with van der Waals surface area (Å²) in [5.74, 6) is 0.372. The van der Waals surface area contributed by atoms with Crippen LogP contribution in [0.25, 0.3) is 0 Å². The SMILES string of the molecule is O=C(NCc1ccc(Cl)cc1Cl)c1cccc(OCc2ccccc2Cl)c1. The Balaban J connectivity index is 1.62. The first-order valence-corrected chi connectivity index (χ1v) is 9.35. The summed E-state index contributed by atoms with van der Waals surface area (Å²) in [6.45, 7) is 0.630. The van der Waals surface area contributed by atoms with Gasteiger partial charge in [0.1, 0.15) is 12.4 Å². The minimum absolute atomic E-state index is 0.218. The van der Waals surface area contributed by atoms with E-state index in [0.717, 1.165) is 11.1 Å². The molecule has 0 aliphatic rings. The minimum atomic E-state index is -0.218. The van der Waals surface area contributed by atoms with Gasteiger partial charge in [0, 0.05) is 32.7 Å². The largest absolute Gasteiger partial charge is 0.489 e. The third-order valence-electron chi connectivity index (χ3n) is 3.90. The van der Waals surface area contributed by atoms with E-state index < -0.39 is 0 Å². The fraction of sp³-hybridized carbons (Fsp3) is 0.0952. The standard InChI is InChI=1S/C21H16Cl3NO2/c22-17-9-8-15(20(24)11-17)12-25-21(26)14-5-3-6-18(10-14)27-13-16-4-1-2-7-19(16)23/h1-11H,12-13H2,(H,25,26). The lowest BCUT2D eigenvalue weighted by atomic mass is 10.2. The fourth-order valence-corrected chi connectivity index (χ4v) is 3.11. The van der Waals surface area contributed by atoms with E-state index in [0.29, 0.717) is 39.5 Å². The molecule has 0 saturated heterocycles. The summed E-state index contributed by atoms with van der Waals surface area (Å²) < 4.78 is 5.76. The molecular weight excluding hydrogens is 405 g/mol. The van der Waals surface area contributed by atoms with Crippen molar-refractivity contribution in [3.8, 4) is 5.75 Å². The molecule has 0 saturated carbocycles. The average molecular weight is 421 g/mol. The van der Waals surface area contributed by atoms with Crippen LogP contribution >= 0.6 is 34.8 Å². The van der Waals surface area contributed by atoms with E-state index in [1.165, 1.54) is 0 Å². The zero-order valence-electron chi connectivity index (χ0n) is 14.2. The van der Waals surface area contributed by atoms with Crippen molar-refractivity contribution in [2.75, 3.05) is 0 Å².